The lowest BCUT2D eigenvalue weighted by atomic mass is 10.2. The van der Waals surface area contributed by atoms with Gasteiger partial charge < -0.3 is 10.5 Å². The van der Waals surface area contributed by atoms with E-state index in [0.29, 0.717) is 12.7 Å². The third kappa shape index (κ3) is 3.05. The monoisotopic (exact) mass is 279 g/mol. The van der Waals surface area contributed by atoms with Crippen molar-refractivity contribution in [1.29, 1.82) is 0 Å². The molecule has 0 bridgehead atoms. The zero-order chi connectivity index (χ0) is 14.8. The molecule has 1 amide bonds. The van der Waals surface area contributed by atoms with E-state index in [2.05, 4.69) is 9.97 Å². The van der Waals surface area contributed by atoms with Gasteiger partial charge in [0.2, 0.25) is 5.88 Å². The van der Waals surface area contributed by atoms with Gasteiger partial charge in [-0.1, -0.05) is 18.2 Å². The number of carbonyl (C=O) groups is 1. The van der Waals surface area contributed by atoms with Gasteiger partial charge in [-0.2, -0.15) is 8.78 Å². The van der Waals surface area contributed by atoms with Gasteiger partial charge in [0.25, 0.3) is 11.8 Å². The average molecular weight is 279 g/mol. The number of alkyl halides is 2. The van der Waals surface area contributed by atoms with Gasteiger partial charge in [-0.3, -0.25) is 4.79 Å². The maximum absolute atomic E-state index is 13.5. The van der Waals surface area contributed by atoms with Crippen LogP contribution < -0.4 is 10.5 Å². The van der Waals surface area contributed by atoms with Crippen LogP contribution >= 0.6 is 0 Å². The highest BCUT2D eigenvalue weighted by Crippen LogP contribution is 2.33. The van der Waals surface area contributed by atoms with Gasteiger partial charge in [0.05, 0.1) is 6.20 Å². The van der Waals surface area contributed by atoms with Crippen LogP contribution in [-0.2, 0) is 5.92 Å². The molecule has 0 aliphatic heterocycles. The molecule has 0 fully saturated rings. The van der Waals surface area contributed by atoms with Crippen LogP contribution in [0.25, 0.3) is 0 Å². The first kappa shape index (κ1) is 13.9. The summed E-state index contributed by atoms with van der Waals surface area (Å²) in [5.74, 6) is -4.27. The molecule has 0 unspecified atom stereocenters. The lowest BCUT2D eigenvalue weighted by Gasteiger charge is -2.14. The molecular formula is C13H11F2N3O2. The van der Waals surface area contributed by atoms with Crippen molar-refractivity contribution in [3.63, 3.8) is 0 Å². The van der Waals surface area contributed by atoms with Gasteiger partial charge in [0, 0.05) is 6.92 Å². The van der Waals surface area contributed by atoms with Crippen LogP contribution in [0, 0.1) is 0 Å². The summed E-state index contributed by atoms with van der Waals surface area (Å²) in [5.41, 5.74) is 4.14. The molecule has 2 N–H and O–H groups in total. The largest absolute Gasteiger partial charge is 0.437 e. The van der Waals surface area contributed by atoms with Gasteiger partial charge in [0.1, 0.15) is 11.4 Å². The molecule has 0 radical (unpaired) electrons. The van der Waals surface area contributed by atoms with E-state index in [9.17, 15) is 13.6 Å². The summed E-state index contributed by atoms with van der Waals surface area (Å²) < 4.78 is 32.2. The molecule has 1 aromatic carbocycles. The summed E-state index contributed by atoms with van der Waals surface area (Å²) in [7, 11) is 0. The number of primary amides is 1. The van der Waals surface area contributed by atoms with Crippen molar-refractivity contribution >= 4 is 5.91 Å². The third-order valence-corrected chi connectivity index (χ3v) is 2.37. The minimum Gasteiger partial charge on any atom is -0.437 e. The summed E-state index contributed by atoms with van der Waals surface area (Å²) >= 11 is 0. The predicted octanol–water partition coefficient (Wildman–Crippen LogP) is 2.48. The van der Waals surface area contributed by atoms with Crippen molar-refractivity contribution in [2.24, 2.45) is 5.73 Å². The molecule has 0 aliphatic carbocycles. The quantitative estimate of drug-likeness (QED) is 0.932. The summed E-state index contributed by atoms with van der Waals surface area (Å²) in [4.78, 5) is 18.3. The Kier molecular flexibility index (Phi) is 3.60. The van der Waals surface area contributed by atoms with E-state index in [-0.39, 0.29) is 5.69 Å². The first-order chi connectivity index (χ1) is 9.38. The fraction of sp³-hybridized carbons (Fsp3) is 0.154. The van der Waals surface area contributed by atoms with E-state index in [1.807, 2.05) is 0 Å². The van der Waals surface area contributed by atoms with Crippen LogP contribution in [0.15, 0.2) is 36.5 Å². The Hall–Kier alpha value is -2.57. The van der Waals surface area contributed by atoms with Crippen LogP contribution in [0.1, 0.15) is 23.1 Å². The molecule has 0 spiro atoms. The van der Waals surface area contributed by atoms with Crippen LogP contribution in [0.2, 0.25) is 0 Å². The fourth-order valence-electron chi connectivity index (χ4n) is 1.46. The second-order valence-electron chi connectivity index (χ2n) is 4.08. The second kappa shape index (κ2) is 5.20. The normalized spacial score (nSPS) is 11.2. The molecule has 1 heterocycles. The van der Waals surface area contributed by atoms with E-state index in [1.165, 1.54) is 0 Å². The van der Waals surface area contributed by atoms with E-state index in [0.717, 1.165) is 6.20 Å². The van der Waals surface area contributed by atoms with Crippen LogP contribution in [0.4, 0.5) is 8.78 Å². The summed E-state index contributed by atoms with van der Waals surface area (Å²) in [6.07, 6.45) is 0.896. The molecule has 5 nitrogen and oxygen atoms in total. The number of hydrogen-bond acceptors (Lipinski definition) is 4. The molecule has 104 valence electrons. The number of hydrogen-bond donors (Lipinski definition) is 1. The molecule has 0 aliphatic rings. The zero-order valence-corrected chi connectivity index (χ0v) is 10.5. The first-order valence-corrected chi connectivity index (χ1v) is 5.66. The number of benzene rings is 1. The Balaban J connectivity index is 2.47. The molecule has 2 aromatic rings. The second-order valence-corrected chi connectivity index (χ2v) is 4.08. The molecule has 20 heavy (non-hydrogen) atoms. The SMILES string of the molecule is CC(F)(F)c1ncc(C(N)=O)nc1Oc1ccccc1. The van der Waals surface area contributed by atoms with E-state index in [1.54, 1.807) is 30.3 Å². The Morgan fingerprint density at radius 2 is 1.95 bits per heavy atom. The number of para-hydroxylation sites is 1. The molecule has 0 saturated carbocycles. The van der Waals surface area contributed by atoms with Crippen molar-refractivity contribution in [3.8, 4) is 11.6 Å². The molecular weight excluding hydrogens is 268 g/mol. The van der Waals surface area contributed by atoms with E-state index < -0.39 is 23.4 Å². The van der Waals surface area contributed by atoms with E-state index >= 15 is 0 Å². The number of nitrogens with two attached hydrogens (primary N) is 1. The summed E-state index contributed by atoms with van der Waals surface area (Å²) in [6, 6.07) is 8.22. The highest BCUT2D eigenvalue weighted by atomic mass is 19.3. The number of ether oxygens (including phenoxy) is 1. The lowest BCUT2D eigenvalue weighted by molar-refractivity contribution is 0.00993. The third-order valence-electron chi connectivity index (χ3n) is 2.37. The predicted molar refractivity (Wildman–Crippen MR) is 66.6 cm³/mol. The van der Waals surface area contributed by atoms with Crippen molar-refractivity contribution in [2.75, 3.05) is 0 Å². The number of carbonyl (C=O) groups excluding carboxylic acids is 1. The maximum atomic E-state index is 13.5. The summed E-state index contributed by atoms with van der Waals surface area (Å²) in [6.45, 7) is 0.665. The minimum absolute atomic E-state index is 0.246. The van der Waals surface area contributed by atoms with Crippen molar-refractivity contribution in [2.45, 2.75) is 12.8 Å². The van der Waals surface area contributed by atoms with Crippen LogP contribution in [0.5, 0.6) is 11.6 Å². The molecule has 2 rings (SSSR count). The number of rotatable bonds is 4. The average Bonchev–Trinajstić information content (AvgIpc) is 2.38. The van der Waals surface area contributed by atoms with Crippen LogP contribution in [0.3, 0.4) is 0 Å². The van der Waals surface area contributed by atoms with Gasteiger partial charge in [-0.05, 0) is 12.1 Å². The highest BCUT2D eigenvalue weighted by molar-refractivity contribution is 5.90. The number of halogens is 2. The zero-order valence-electron chi connectivity index (χ0n) is 10.5. The van der Waals surface area contributed by atoms with Gasteiger partial charge in [-0.15, -0.1) is 0 Å². The topological polar surface area (TPSA) is 78.1 Å². The van der Waals surface area contributed by atoms with Crippen molar-refractivity contribution < 1.29 is 18.3 Å². The van der Waals surface area contributed by atoms with Gasteiger partial charge in [0.15, 0.2) is 5.69 Å². The van der Waals surface area contributed by atoms with Gasteiger partial charge in [-0.25, -0.2) is 9.97 Å². The Labute approximate surface area is 113 Å². The molecule has 1 aromatic heterocycles. The Morgan fingerprint density at radius 3 is 2.50 bits per heavy atom. The van der Waals surface area contributed by atoms with Crippen molar-refractivity contribution in [1.82, 2.24) is 9.97 Å². The Bertz CT molecular complexity index is 627. The maximum Gasteiger partial charge on any atom is 0.292 e. The summed E-state index contributed by atoms with van der Waals surface area (Å²) in [5, 5.41) is 0. The smallest absolute Gasteiger partial charge is 0.292 e. The lowest BCUT2D eigenvalue weighted by Crippen LogP contribution is -2.18. The van der Waals surface area contributed by atoms with Crippen molar-refractivity contribution in [3.05, 3.63) is 47.9 Å². The highest BCUT2D eigenvalue weighted by Gasteiger charge is 2.32. The molecule has 0 atom stereocenters. The standard InChI is InChI=1S/C13H11F2N3O2/c1-13(14,15)10-12(18-9(7-17-10)11(16)19)20-8-5-3-2-4-6-8/h2-7H,1H3,(H2,16,19). The van der Waals surface area contributed by atoms with Gasteiger partial charge >= 0.3 is 0 Å². The number of amides is 1. The Morgan fingerprint density at radius 1 is 1.30 bits per heavy atom. The number of nitrogens with zero attached hydrogens (tertiary/aromatic N) is 2. The number of aromatic nitrogens is 2. The molecule has 7 heteroatoms. The van der Waals surface area contributed by atoms with Crippen LogP contribution in [-0.4, -0.2) is 15.9 Å². The minimum atomic E-state index is -3.26. The fourth-order valence-corrected chi connectivity index (χ4v) is 1.46. The molecule has 0 saturated heterocycles. The van der Waals surface area contributed by atoms with E-state index in [4.69, 9.17) is 10.5 Å². The first-order valence-electron chi connectivity index (χ1n) is 5.66.